The predicted molar refractivity (Wildman–Crippen MR) is 138 cm³/mol. The van der Waals surface area contributed by atoms with Crippen LogP contribution in [0.5, 0.6) is 0 Å². The van der Waals surface area contributed by atoms with Crippen molar-refractivity contribution >= 4 is 11.9 Å². The van der Waals surface area contributed by atoms with Gasteiger partial charge in [-0.15, -0.1) is 0 Å². The molecule has 0 aromatic heterocycles. The van der Waals surface area contributed by atoms with E-state index in [1.165, 1.54) is 0 Å². The first-order valence-corrected chi connectivity index (χ1v) is 17.9. The Morgan fingerprint density at radius 2 is 0.684 bits per heavy atom. The quantitative estimate of drug-likeness (QED) is 0.220. The van der Waals surface area contributed by atoms with Gasteiger partial charge in [-0.2, -0.15) is 0 Å². The minimum Gasteiger partial charge on any atom is -0.241 e. The fraction of sp³-hybridized carbons (Fsp3) is 0. The highest BCUT2D eigenvalue weighted by Gasteiger charge is 2.36. The molecule has 0 unspecified atom stereocenters. The molecule has 4 nitrogen and oxygen atoms in total. The van der Waals surface area contributed by atoms with Crippen molar-refractivity contribution in [3.05, 3.63) is 171 Å². The Bertz CT molecular complexity index is 1300. The molecule has 0 saturated carbocycles. The average molecular weight is 726 g/mol. The summed E-state index contributed by atoms with van der Waals surface area (Å²) in [5.41, 5.74) is 0.654. The maximum absolute atomic E-state index is 13.3. The number of benzene rings is 5. The molecule has 38 heavy (non-hydrogen) atoms. The molecule has 5 aromatic carbocycles. The van der Waals surface area contributed by atoms with E-state index in [9.17, 15) is 9.59 Å². The summed E-state index contributed by atoms with van der Waals surface area (Å²) < 4.78 is 16.4. The molecule has 2 radical (unpaired) electrons. The molecule has 0 aliphatic carbocycles. The molecule has 0 heterocycles. The molecule has 0 amide bonds. The number of carbonyl (C=O) groups is 2. The van der Waals surface area contributed by atoms with Crippen molar-refractivity contribution < 1.29 is 56.2 Å². The SMILES string of the molecule is O=C(O[I+](c1ccccc1)c1ccccc1)c1cccc(C(=O)O[I+](c2ccccc2)c2ccccc2)c1. The molecule has 0 bridgehead atoms. The van der Waals surface area contributed by atoms with Crippen molar-refractivity contribution in [1.82, 2.24) is 0 Å². The van der Waals surface area contributed by atoms with Gasteiger partial charge < -0.3 is 0 Å². The van der Waals surface area contributed by atoms with Crippen LogP contribution in [0.3, 0.4) is 0 Å². The zero-order chi connectivity index (χ0) is 26.2. The van der Waals surface area contributed by atoms with Gasteiger partial charge in [-0.25, -0.2) is 15.7 Å². The molecular formula is C32H24I2O4+2. The second-order valence-corrected chi connectivity index (χ2v) is 16.7. The van der Waals surface area contributed by atoms with Crippen LogP contribution in [0.2, 0.25) is 0 Å². The Morgan fingerprint density at radius 3 is 0.974 bits per heavy atom. The van der Waals surface area contributed by atoms with E-state index < -0.39 is 52.4 Å². The Morgan fingerprint density at radius 1 is 0.395 bits per heavy atom. The monoisotopic (exact) mass is 726 g/mol. The van der Waals surface area contributed by atoms with Gasteiger partial charge in [0, 0.05) is 0 Å². The van der Waals surface area contributed by atoms with Crippen LogP contribution in [0.4, 0.5) is 0 Å². The van der Waals surface area contributed by atoms with Crippen molar-refractivity contribution in [1.29, 1.82) is 0 Å². The third kappa shape index (κ3) is 6.49. The molecule has 0 fully saturated rings. The Hall–Kier alpha value is -3.50. The zero-order valence-corrected chi connectivity index (χ0v) is 24.6. The summed E-state index contributed by atoms with van der Waals surface area (Å²) in [5.74, 6) is -0.891. The van der Waals surface area contributed by atoms with Gasteiger partial charge in [-0.3, -0.25) is 0 Å². The second-order valence-electron chi connectivity index (χ2n) is 7.99. The largest absolute Gasteiger partial charge is 0.390 e. The van der Waals surface area contributed by atoms with Crippen molar-refractivity contribution in [3.8, 4) is 0 Å². The van der Waals surface area contributed by atoms with Crippen LogP contribution in [0.15, 0.2) is 146 Å². The fourth-order valence-corrected chi connectivity index (χ4v) is 11.6. The third-order valence-electron chi connectivity index (χ3n) is 5.35. The summed E-state index contributed by atoms with van der Waals surface area (Å²) in [5, 5.41) is 0. The Balaban J connectivity index is 1.38. The Kier molecular flexibility index (Phi) is 8.82. The summed E-state index contributed by atoms with van der Waals surface area (Å²) in [4.78, 5) is 26.6. The molecule has 188 valence electrons. The average Bonchev–Trinajstić information content (AvgIpc) is 3.00. The van der Waals surface area contributed by atoms with E-state index in [4.69, 9.17) is 6.13 Å². The smallest absolute Gasteiger partial charge is 0.241 e. The van der Waals surface area contributed by atoms with Gasteiger partial charge in [-0.05, 0) is 66.7 Å². The van der Waals surface area contributed by atoms with Crippen LogP contribution in [0.1, 0.15) is 20.7 Å². The maximum atomic E-state index is 13.3. The van der Waals surface area contributed by atoms with E-state index >= 15 is 0 Å². The molecule has 6 heteroatoms. The molecule has 0 aliphatic heterocycles. The minimum atomic E-state index is -2.50. The van der Waals surface area contributed by atoms with Gasteiger partial charge in [0.2, 0.25) is 0 Å². The molecule has 5 rings (SSSR count). The van der Waals surface area contributed by atoms with Gasteiger partial charge in [0.15, 0.2) is 14.3 Å². The standard InChI is InChI=1S/C32H24I2O4/c35-31(37-33(27-16-5-1-6-17-27)28-18-7-2-8-19-28)25-14-13-15-26(24-25)32(36)38-34(29-20-9-3-10-21-29)30-22-11-4-12-23-30/h1-24H/q+2. The van der Waals surface area contributed by atoms with Crippen molar-refractivity contribution in [2.45, 2.75) is 0 Å². The number of hydrogen-bond donors (Lipinski definition) is 0. The van der Waals surface area contributed by atoms with Gasteiger partial charge in [-0.1, -0.05) is 78.9 Å². The molecule has 0 saturated heterocycles. The van der Waals surface area contributed by atoms with E-state index in [-0.39, 0.29) is 0 Å². The first-order chi connectivity index (χ1) is 18.7. The van der Waals surface area contributed by atoms with E-state index in [0.717, 1.165) is 14.3 Å². The fourth-order valence-electron chi connectivity index (χ4n) is 3.55. The topological polar surface area (TPSA) is 52.6 Å². The highest BCUT2D eigenvalue weighted by Crippen LogP contribution is 2.07. The van der Waals surface area contributed by atoms with E-state index in [1.807, 2.05) is 121 Å². The van der Waals surface area contributed by atoms with Crippen LogP contribution in [-0.2, 0) is 6.13 Å². The highest BCUT2D eigenvalue weighted by molar-refractivity contribution is 5.94. The van der Waals surface area contributed by atoms with Crippen molar-refractivity contribution in [2.75, 3.05) is 0 Å². The number of halogens is 2. The summed E-state index contributed by atoms with van der Waals surface area (Å²) in [6, 6.07) is 46.0. The van der Waals surface area contributed by atoms with Crippen LogP contribution in [-0.4, -0.2) is 11.9 Å². The zero-order valence-electron chi connectivity index (χ0n) is 20.2. The van der Waals surface area contributed by atoms with Crippen LogP contribution < -0.4 is 40.5 Å². The van der Waals surface area contributed by atoms with Gasteiger partial charge in [0.25, 0.3) is 0 Å². The summed E-state index contributed by atoms with van der Waals surface area (Å²) >= 11 is -5.00. The number of carbonyl (C=O) groups excluding carboxylic acids is 2. The summed E-state index contributed by atoms with van der Waals surface area (Å²) in [6.45, 7) is 0. The lowest BCUT2D eigenvalue weighted by atomic mass is 10.1. The molecule has 0 spiro atoms. The minimum absolute atomic E-state index is 0.327. The molecular weight excluding hydrogens is 702 g/mol. The summed E-state index contributed by atoms with van der Waals surface area (Å²) in [6.07, 6.45) is 0. The van der Waals surface area contributed by atoms with Gasteiger partial charge in [0.1, 0.15) is 0 Å². The van der Waals surface area contributed by atoms with Crippen molar-refractivity contribution in [3.63, 3.8) is 0 Å². The number of rotatable bonds is 8. The highest BCUT2D eigenvalue weighted by atomic mass is 127. The van der Waals surface area contributed by atoms with Gasteiger partial charge in [0.05, 0.1) is 11.1 Å². The molecule has 5 aromatic rings. The lowest BCUT2D eigenvalue weighted by Gasteiger charge is -2.07. The maximum Gasteiger partial charge on any atom is 0.390 e. The molecule has 0 atom stereocenters. The summed E-state index contributed by atoms with van der Waals surface area (Å²) in [7, 11) is 0. The molecule has 0 aliphatic rings. The van der Waals surface area contributed by atoms with Crippen LogP contribution in [0, 0.1) is 14.3 Å². The normalized spacial score (nSPS) is 10.8. The predicted octanol–water partition coefficient (Wildman–Crippen LogP) is 0.559. The van der Waals surface area contributed by atoms with Crippen LogP contribution >= 0.6 is 0 Å². The second kappa shape index (κ2) is 12.8. The number of hydrogen-bond acceptors (Lipinski definition) is 4. The lowest BCUT2D eigenvalue weighted by Crippen LogP contribution is -3.85. The van der Waals surface area contributed by atoms with E-state index in [1.54, 1.807) is 24.3 Å². The first kappa shape index (κ1) is 26.1. The van der Waals surface area contributed by atoms with Crippen LogP contribution in [0.25, 0.3) is 0 Å². The van der Waals surface area contributed by atoms with Gasteiger partial charge >= 0.3 is 52.4 Å². The third-order valence-corrected chi connectivity index (χ3v) is 14.4. The lowest BCUT2D eigenvalue weighted by molar-refractivity contribution is -1.04. The van der Waals surface area contributed by atoms with E-state index in [2.05, 4.69) is 0 Å². The Labute approximate surface area is 237 Å². The molecule has 0 N–H and O–H groups in total. The van der Waals surface area contributed by atoms with Crippen molar-refractivity contribution in [2.24, 2.45) is 0 Å². The first-order valence-electron chi connectivity index (χ1n) is 11.8. The van der Waals surface area contributed by atoms with E-state index in [0.29, 0.717) is 11.1 Å².